The van der Waals surface area contributed by atoms with Gasteiger partial charge in [0.15, 0.2) is 17.4 Å². The summed E-state index contributed by atoms with van der Waals surface area (Å²) in [5.74, 6) is -1.36. The smallest absolute Gasteiger partial charge is 0.245 e. The van der Waals surface area contributed by atoms with Crippen LogP contribution < -0.4 is 14.8 Å². The molecule has 0 fully saturated rings. The molecule has 1 aromatic carbocycles. The van der Waals surface area contributed by atoms with E-state index in [2.05, 4.69) is 10.3 Å². The average molecular weight is 343 g/mol. The van der Waals surface area contributed by atoms with Gasteiger partial charge in [0.2, 0.25) is 11.7 Å². The molecule has 1 aromatic heterocycles. The largest absolute Gasteiger partial charge is 0.486 e. The van der Waals surface area contributed by atoms with Gasteiger partial charge < -0.3 is 14.8 Å². The Morgan fingerprint density at radius 2 is 2.08 bits per heavy atom. The Kier molecular flexibility index (Phi) is 4.44. The van der Waals surface area contributed by atoms with Crippen LogP contribution in [0, 0.1) is 17.2 Å². The molecule has 3 rings (SSSR count). The number of carbonyl (C=O) groups is 2. The van der Waals surface area contributed by atoms with E-state index in [1.165, 1.54) is 18.4 Å². The Hall–Kier alpha value is -2.92. The molecule has 0 spiro atoms. The first-order valence-electron chi connectivity index (χ1n) is 7.15. The van der Waals surface area contributed by atoms with Crippen molar-refractivity contribution in [1.82, 2.24) is 10.3 Å². The zero-order chi connectivity index (χ0) is 17.1. The lowest BCUT2D eigenvalue weighted by Gasteiger charge is -2.18. The molecule has 1 N–H and O–H groups in total. The van der Waals surface area contributed by atoms with Crippen LogP contribution in [0.25, 0.3) is 10.6 Å². The average Bonchev–Trinajstić information content (AvgIpc) is 3.11. The molecule has 1 aliphatic heterocycles. The zero-order valence-electron chi connectivity index (χ0n) is 12.7. The molecular weight excluding hydrogens is 330 g/mol. The molecule has 2 heterocycles. The molecule has 2 aromatic rings. The number of aromatic nitrogens is 1. The maximum atomic E-state index is 12.3. The minimum atomic E-state index is -1.40. The van der Waals surface area contributed by atoms with Gasteiger partial charge in [0.25, 0.3) is 0 Å². The third kappa shape index (κ3) is 2.94. The first-order valence-corrected chi connectivity index (χ1v) is 8.03. The molecule has 0 bridgehead atoms. The lowest BCUT2D eigenvalue weighted by Crippen LogP contribution is -2.32. The second-order valence-electron chi connectivity index (χ2n) is 4.94. The van der Waals surface area contributed by atoms with Gasteiger partial charge in [-0.3, -0.25) is 9.59 Å². The van der Waals surface area contributed by atoms with E-state index in [0.29, 0.717) is 29.7 Å². The number of amides is 1. The highest BCUT2D eigenvalue weighted by atomic mass is 32.1. The Balaban J connectivity index is 1.87. The van der Waals surface area contributed by atoms with Crippen molar-refractivity contribution >= 4 is 23.0 Å². The summed E-state index contributed by atoms with van der Waals surface area (Å²) < 4.78 is 11.0. The van der Waals surface area contributed by atoms with Crippen molar-refractivity contribution < 1.29 is 19.1 Å². The highest BCUT2D eigenvalue weighted by molar-refractivity contribution is 7.13. The minimum Gasteiger partial charge on any atom is -0.486 e. The van der Waals surface area contributed by atoms with Crippen molar-refractivity contribution in [3.05, 3.63) is 29.3 Å². The van der Waals surface area contributed by atoms with Crippen molar-refractivity contribution in [3.8, 4) is 28.1 Å². The van der Waals surface area contributed by atoms with E-state index in [9.17, 15) is 9.59 Å². The number of hydrogen-bond acceptors (Lipinski definition) is 7. The number of Topliss-reactive ketones (excluding diaryl/α,β-unsaturated/α-hetero) is 1. The standard InChI is InChI=1S/C16H13N3O4S/c1-18-15(21)10(7-17)14(20)11-8-24-16(19-11)9-2-3-12-13(6-9)23-5-4-22-12/h2-3,6,8,10H,4-5H2,1H3,(H,18,21). The molecule has 0 radical (unpaired) electrons. The van der Waals surface area contributed by atoms with Gasteiger partial charge in [-0.2, -0.15) is 5.26 Å². The number of nitrogens with zero attached hydrogens (tertiary/aromatic N) is 2. The van der Waals surface area contributed by atoms with Crippen LogP contribution in [0.15, 0.2) is 23.6 Å². The number of nitriles is 1. The SMILES string of the molecule is CNC(=O)C(C#N)C(=O)c1csc(-c2ccc3c(c2)OCCO3)n1. The first-order chi connectivity index (χ1) is 11.6. The molecular formula is C16H13N3O4S. The molecule has 1 aliphatic rings. The fourth-order valence-corrected chi connectivity index (χ4v) is 3.03. The third-order valence-corrected chi connectivity index (χ3v) is 4.34. The van der Waals surface area contributed by atoms with E-state index in [-0.39, 0.29) is 5.69 Å². The zero-order valence-corrected chi connectivity index (χ0v) is 13.6. The van der Waals surface area contributed by atoms with Gasteiger partial charge in [-0.1, -0.05) is 0 Å². The number of hydrogen-bond donors (Lipinski definition) is 1. The lowest BCUT2D eigenvalue weighted by molar-refractivity contribution is -0.121. The fourth-order valence-electron chi connectivity index (χ4n) is 2.22. The third-order valence-electron chi connectivity index (χ3n) is 3.45. The van der Waals surface area contributed by atoms with Crippen molar-refractivity contribution in [2.45, 2.75) is 0 Å². The number of nitrogens with one attached hydrogen (secondary N) is 1. The molecule has 0 aliphatic carbocycles. The van der Waals surface area contributed by atoms with Crippen molar-refractivity contribution in [3.63, 3.8) is 0 Å². The molecule has 1 atom stereocenters. The molecule has 1 unspecified atom stereocenters. The number of thiazole rings is 1. The van der Waals surface area contributed by atoms with E-state index >= 15 is 0 Å². The maximum Gasteiger partial charge on any atom is 0.245 e. The number of benzene rings is 1. The lowest BCUT2D eigenvalue weighted by atomic mass is 10.0. The maximum absolute atomic E-state index is 12.3. The van der Waals surface area contributed by atoms with Crippen LogP contribution in [-0.4, -0.2) is 36.9 Å². The highest BCUT2D eigenvalue weighted by Crippen LogP contribution is 2.35. The van der Waals surface area contributed by atoms with Crippen LogP contribution >= 0.6 is 11.3 Å². The second-order valence-corrected chi connectivity index (χ2v) is 5.80. The summed E-state index contributed by atoms with van der Waals surface area (Å²) in [6.45, 7) is 0.991. The van der Waals surface area contributed by atoms with Gasteiger partial charge in [0.1, 0.15) is 23.9 Å². The molecule has 8 heteroatoms. The summed E-state index contributed by atoms with van der Waals surface area (Å²) in [4.78, 5) is 28.1. The Morgan fingerprint density at radius 1 is 1.33 bits per heavy atom. The summed E-state index contributed by atoms with van der Waals surface area (Å²) >= 11 is 1.26. The number of fused-ring (bicyclic) bond motifs is 1. The molecule has 24 heavy (non-hydrogen) atoms. The van der Waals surface area contributed by atoms with Crippen molar-refractivity contribution in [2.24, 2.45) is 5.92 Å². The van der Waals surface area contributed by atoms with Gasteiger partial charge in [0, 0.05) is 18.0 Å². The first kappa shape index (κ1) is 16.0. The summed E-state index contributed by atoms with van der Waals surface area (Å²) in [5.41, 5.74) is 0.872. The second kappa shape index (κ2) is 6.68. The van der Waals surface area contributed by atoms with E-state index in [0.717, 1.165) is 5.56 Å². The summed E-state index contributed by atoms with van der Waals surface area (Å²) in [6.07, 6.45) is 0. The van der Waals surface area contributed by atoms with Gasteiger partial charge >= 0.3 is 0 Å². The summed E-state index contributed by atoms with van der Waals surface area (Å²) in [6, 6.07) is 7.11. The quantitative estimate of drug-likeness (QED) is 0.669. The number of ketones is 1. The van der Waals surface area contributed by atoms with Crippen molar-refractivity contribution in [2.75, 3.05) is 20.3 Å². The van der Waals surface area contributed by atoms with E-state index in [1.54, 1.807) is 23.6 Å². The summed E-state index contributed by atoms with van der Waals surface area (Å²) in [5, 5.41) is 13.5. The van der Waals surface area contributed by atoms with Gasteiger partial charge in [-0.25, -0.2) is 4.98 Å². The summed E-state index contributed by atoms with van der Waals surface area (Å²) in [7, 11) is 1.38. The van der Waals surface area contributed by atoms with Crippen LogP contribution in [0.2, 0.25) is 0 Å². The Bertz CT molecular complexity index is 840. The molecule has 7 nitrogen and oxygen atoms in total. The van der Waals surface area contributed by atoms with Crippen LogP contribution in [0.1, 0.15) is 10.5 Å². The minimum absolute atomic E-state index is 0.0973. The number of carbonyl (C=O) groups excluding carboxylic acids is 2. The van der Waals surface area contributed by atoms with Gasteiger partial charge in [-0.05, 0) is 18.2 Å². The Labute approximate surface area is 141 Å². The predicted octanol–water partition coefficient (Wildman–Crippen LogP) is 1.65. The van der Waals surface area contributed by atoms with Crippen molar-refractivity contribution in [1.29, 1.82) is 5.26 Å². The fraction of sp³-hybridized carbons (Fsp3) is 0.250. The van der Waals surface area contributed by atoms with Crippen LogP contribution in [0.4, 0.5) is 0 Å². The van der Waals surface area contributed by atoms with Crippen LogP contribution in [0.3, 0.4) is 0 Å². The molecule has 1 amide bonds. The van der Waals surface area contributed by atoms with Gasteiger partial charge in [0.05, 0.1) is 6.07 Å². The number of ether oxygens (including phenoxy) is 2. The van der Waals surface area contributed by atoms with Crippen LogP contribution in [0.5, 0.6) is 11.5 Å². The molecule has 122 valence electrons. The molecule has 0 saturated heterocycles. The van der Waals surface area contributed by atoms with E-state index in [1.807, 2.05) is 6.07 Å². The topological polar surface area (TPSA) is 101 Å². The monoisotopic (exact) mass is 343 g/mol. The van der Waals surface area contributed by atoms with Gasteiger partial charge in [-0.15, -0.1) is 11.3 Å². The normalized spacial score (nSPS) is 13.7. The molecule has 0 saturated carbocycles. The van der Waals surface area contributed by atoms with Crippen LogP contribution in [-0.2, 0) is 4.79 Å². The van der Waals surface area contributed by atoms with E-state index < -0.39 is 17.6 Å². The highest BCUT2D eigenvalue weighted by Gasteiger charge is 2.28. The van der Waals surface area contributed by atoms with E-state index in [4.69, 9.17) is 14.7 Å². The Morgan fingerprint density at radius 3 is 2.79 bits per heavy atom. The predicted molar refractivity (Wildman–Crippen MR) is 86.0 cm³/mol. The number of rotatable bonds is 4.